The quantitative estimate of drug-likeness (QED) is 0.829. The van der Waals surface area contributed by atoms with Gasteiger partial charge in [0.05, 0.1) is 30.7 Å². The second-order valence-electron chi connectivity index (χ2n) is 5.04. The molecule has 2 aromatic rings. The van der Waals surface area contributed by atoms with E-state index in [0.717, 1.165) is 11.4 Å². The number of imidazole rings is 1. The van der Waals surface area contributed by atoms with Crippen molar-refractivity contribution in [3.63, 3.8) is 0 Å². The second-order valence-corrected chi connectivity index (χ2v) is 5.04. The summed E-state index contributed by atoms with van der Waals surface area (Å²) in [6.07, 6.45) is 3.68. The molecule has 5 heteroatoms. The van der Waals surface area contributed by atoms with E-state index >= 15 is 0 Å². The van der Waals surface area contributed by atoms with Crippen LogP contribution in [0.3, 0.4) is 0 Å². The predicted octanol–water partition coefficient (Wildman–Crippen LogP) is 3.25. The van der Waals surface area contributed by atoms with Crippen LogP contribution in [0.15, 0.2) is 36.8 Å². The predicted molar refractivity (Wildman–Crippen MR) is 82.3 cm³/mol. The SMILES string of the molecule is CCOC(=O)c1cccc(NCc2cncn2C(C)C)c1. The molecule has 112 valence electrons. The van der Waals surface area contributed by atoms with Crippen molar-refractivity contribution in [2.24, 2.45) is 0 Å². The zero-order valence-corrected chi connectivity index (χ0v) is 12.7. The highest BCUT2D eigenvalue weighted by Gasteiger charge is 2.08. The Balaban J connectivity index is 2.05. The number of esters is 1. The average Bonchev–Trinajstić information content (AvgIpc) is 2.94. The molecule has 0 radical (unpaired) electrons. The lowest BCUT2D eigenvalue weighted by molar-refractivity contribution is 0.0526. The molecule has 0 aliphatic heterocycles. The average molecular weight is 287 g/mol. The minimum Gasteiger partial charge on any atom is -0.462 e. The summed E-state index contributed by atoms with van der Waals surface area (Å²) >= 11 is 0. The van der Waals surface area contributed by atoms with Crippen molar-refractivity contribution in [3.05, 3.63) is 48.0 Å². The maximum absolute atomic E-state index is 11.7. The Morgan fingerprint density at radius 1 is 1.43 bits per heavy atom. The van der Waals surface area contributed by atoms with Crippen LogP contribution in [0.1, 0.15) is 42.9 Å². The van der Waals surface area contributed by atoms with Crippen molar-refractivity contribution >= 4 is 11.7 Å². The summed E-state index contributed by atoms with van der Waals surface area (Å²) in [6, 6.07) is 7.69. The number of aromatic nitrogens is 2. The Morgan fingerprint density at radius 2 is 2.24 bits per heavy atom. The third-order valence-electron chi connectivity index (χ3n) is 3.15. The molecular weight excluding hydrogens is 266 g/mol. The summed E-state index contributed by atoms with van der Waals surface area (Å²) in [5.41, 5.74) is 2.54. The number of nitrogens with one attached hydrogen (secondary N) is 1. The van der Waals surface area contributed by atoms with Gasteiger partial charge >= 0.3 is 5.97 Å². The Hall–Kier alpha value is -2.30. The van der Waals surface area contributed by atoms with E-state index in [9.17, 15) is 4.79 Å². The van der Waals surface area contributed by atoms with Crippen molar-refractivity contribution in [1.29, 1.82) is 0 Å². The van der Waals surface area contributed by atoms with Crippen molar-refractivity contribution in [2.75, 3.05) is 11.9 Å². The van der Waals surface area contributed by atoms with Gasteiger partial charge < -0.3 is 14.6 Å². The summed E-state index contributed by atoms with van der Waals surface area (Å²) < 4.78 is 7.12. The van der Waals surface area contributed by atoms with Crippen LogP contribution in [0.2, 0.25) is 0 Å². The largest absolute Gasteiger partial charge is 0.462 e. The third kappa shape index (κ3) is 3.84. The fourth-order valence-electron chi connectivity index (χ4n) is 2.10. The second kappa shape index (κ2) is 6.92. The molecule has 1 aromatic heterocycles. The van der Waals surface area contributed by atoms with Gasteiger partial charge in [-0.2, -0.15) is 0 Å². The first-order valence-electron chi connectivity index (χ1n) is 7.13. The van der Waals surface area contributed by atoms with E-state index < -0.39 is 0 Å². The van der Waals surface area contributed by atoms with E-state index in [0.29, 0.717) is 24.8 Å². The van der Waals surface area contributed by atoms with E-state index in [2.05, 4.69) is 28.7 Å². The van der Waals surface area contributed by atoms with Crippen molar-refractivity contribution in [1.82, 2.24) is 9.55 Å². The standard InChI is InChI=1S/C16H21N3O2/c1-4-21-16(20)13-6-5-7-14(8-13)18-10-15-9-17-11-19(15)12(2)3/h5-9,11-12,18H,4,10H2,1-3H3. The van der Waals surface area contributed by atoms with Crippen LogP contribution in [0.4, 0.5) is 5.69 Å². The molecule has 0 fully saturated rings. The fourth-order valence-corrected chi connectivity index (χ4v) is 2.10. The van der Waals surface area contributed by atoms with Crippen molar-refractivity contribution < 1.29 is 9.53 Å². The Morgan fingerprint density at radius 3 is 2.95 bits per heavy atom. The number of carbonyl (C=O) groups excluding carboxylic acids is 1. The first-order valence-corrected chi connectivity index (χ1v) is 7.13. The zero-order chi connectivity index (χ0) is 15.2. The first kappa shape index (κ1) is 15.1. The van der Waals surface area contributed by atoms with Gasteiger partial charge in [0.15, 0.2) is 0 Å². The molecular formula is C16H21N3O2. The van der Waals surface area contributed by atoms with Crippen LogP contribution >= 0.6 is 0 Å². The van der Waals surface area contributed by atoms with Crippen molar-refractivity contribution in [3.8, 4) is 0 Å². The van der Waals surface area contributed by atoms with Gasteiger partial charge in [-0.25, -0.2) is 9.78 Å². The Labute approximate surface area is 125 Å². The molecule has 0 atom stereocenters. The maximum atomic E-state index is 11.7. The molecule has 5 nitrogen and oxygen atoms in total. The molecule has 21 heavy (non-hydrogen) atoms. The van der Waals surface area contributed by atoms with E-state index in [-0.39, 0.29) is 5.97 Å². The number of rotatable bonds is 6. The first-order chi connectivity index (χ1) is 10.1. The van der Waals surface area contributed by atoms with Gasteiger partial charge in [0, 0.05) is 17.9 Å². The molecule has 0 bridgehead atoms. The lowest BCUT2D eigenvalue weighted by Gasteiger charge is -2.13. The van der Waals surface area contributed by atoms with E-state index in [4.69, 9.17) is 4.74 Å². The topological polar surface area (TPSA) is 56.1 Å². The van der Waals surface area contributed by atoms with Crippen LogP contribution in [-0.2, 0) is 11.3 Å². The zero-order valence-electron chi connectivity index (χ0n) is 12.7. The number of nitrogens with zero attached hydrogens (tertiary/aromatic N) is 2. The highest BCUT2D eigenvalue weighted by molar-refractivity contribution is 5.90. The highest BCUT2D eigenvalue weighted by Crippen LogP contribution is 2.15. The molecule has 0 aliphatic carbocycles. The van der Waals surface area contributed by atoms with Gasteiger partial charge in [0.1, 0.15) is 0 Å². The van der Waals surface area contributed by atoms with Gasteiger partial charge in [-0.3, -0.25) is 0 Å². The van der Waals surface area contributed by atoms with E-state index in [1.54, 1.807) is 19.1 Å². The maximum Gasteiger partial charge on any atom is 0.338 e. The van der Waals surface area contributed by atoms with Gasteiger partial charge in [0.2, 0.25) is 0 Å². The molecule has 0 unspecified atom stereocenters. The van der Waals surface area contributed by atoms with Gasteiger partial charge in [-0.1, -0.05) is 6.07 Å². The molecule has 1 N–H and O–H groups in total. The summed E-state index contributed by atoms with van der Waals surface area (Å²) in [6.45, 7) is 7.07. The number of hydrogen-bond acceptors (Lipinski definition) is 4. The molecule has 1 aromatic carbocycles. The lowest BCUT2D eigenvalue weighted by atomic mass is 10.2. The lowest BCUT2D eigenvalue weighted by Crippen LogP contribution is -2.09. The van der Waals surface area contributed by atoms with Crippen LogP contribution in [0, 0.1) is 0 Å². The summed E-state index contributed by atoms with van der Waals surface area (Å²) in [7, 11) is 0. The van der Waals surface area contributed by atoms with E-state index in [1.165, 1.54) is 0 Å². The highest BCUT2D eigenvalue weighted by atomic mass is 16.5. The fraction of sp³-hybridized carbons (Fsp3) is 0.375. The number of anilines is 1. The number of hydrogen-bond donors (Lipinski definition) is 1. The number of ether oxygens (including phenoxy) is 1. The molecule has 0 spiro atoms. The van der Waals surface area contributed by atoms with Gasteiger partial charge in [-0.15, -0.1) is 0 Å². The summed E-state index contributed by atoms with van der Waals surface area (Å²) in [5.74, 6) is -0.298. The van der Waals surface area contributed by atoms with Crippen LogP contribution in [-0.4, -0.2) is 22.1 Å². The molecule has 0 aliphatic rings. The van der Waals surface area contributed by atoms with Crippen LogP contribution in [0.5, 0.6) is 0 Å². The summed E-state index contributed by atoms with van der Waals surface area (Å²) in [5, 5.41) is 3.31. The molecule has 2 rings (SSSR count). The Bertz CT molecular complexity index is 605. The number of carbonyl (C=O) groups is 1. The molecule has 1 heterocycles. The van der Waals surface area contributed by atoms with Crippen LogP contribution in [0.25, 0.3) is 0 Å². The molecule has 0 amide bonds. The van der Waals surface area contributed by atoms with Gasteiger partial charge in [0.25, 0.3) is 0 Å². The van der Waals surface area contributed by atoms with Crippen LogP contribution < -0.4 is 5.32 Å². The van der Waals surface area contributed by atoms with Gasteiger partial charge in [-0.05, 0) is 39.0 Å². The normalized spacial score (nSPS) is 10.7. The molecule has 0 saturated heterocycles. The monoisotopic (exact) mass is 287 g/mol. The Kier molecular flexibility index (Phi) is 4.98. The van der Waals surface area contributed by atoms with E-state index in [1.807, 2.05) is 24.7 Å². The molecule has 0 saturated carbocycles. The summed E-state index contributed by atoms with van der Waals surface area (Å²) in [4.78, 5) is 15.9. The third-order valence-corrected chi connectivity index (χ3v) is 3.15. The minimum atomic E-state index is -0.298. The number of benzene rings is 1. The smallest absolute Gasteiger partial charge is 0.338 e. The van der Waals surface area contributed by atoms with Crippen molar-refractivity contribution in [2.45, 2.75) is 33.4 Å². The minimum absolute atomic E-state index is 0.298.